The van der Waals surface area contributed by atoms with E-state index in [0.29, 0.717) is 25.1 Å². The van der Waals surface area contributed by atoms with Gasteiger partial charge in [-0.1, -0.05) is 55.5 Å². The number of hydrogen-bond acceptors (Lipinski definition) is 4. The predicted octanol–water partition coefficient (Wildman–Crippen LogP) is 3.92. The number of carbonyl (C=O) groups is 2. The van der Waals surface area contributed by atoms with E-state index in [1.54, 1.807) is 24.0 Å². The number of amides is 2. The van der Waals surface area contributed by atoms with E-state index in [4.69, 9.17) is 0 Å². The van der Waals surface area contributed by atoms with Crippen molar-refractivity contribution in [3.8, 4) is 0 Å². The van der Waals surface area contributed by atoms with Crippen molar-refractivity contribution < 1.29 is 18.0 Å². The second-order valence-corrected chi connectivity index (χ2v) is 10.9. The summed E-state index contributed by atoms with van der Waals surface area (Å²) in [4.78, 5) is 27.7. The van der Waals surface area contributed by atoms with Crippen molar-refractivity contribution in [3.63, 3.8) is 0 Å². The van der Waals surface area contributed by atoms with E-state index >= 15 is 0 Å². The summed E-state index contributed by atoms with van der Waals surface area (Å²) in [6.45, 7) is 8.14. The molecule has 2 rings (SSSR count). The van der Waals surface area contributed by atoms with Gasteiger partial charge < -0.3 is 10.2 Å². The zero-order chi connectivity index (χ0) is 26.0. The number of rotatable bonds is 13. The van der Waals surface area contributed by atoms with Crippen LogP contribution in [0.4, 0.5) is 5.69 Å². The molecule has 0 saturated carbocycles. The predicted molar refractivity (Wildman–Crippen MR) is 142 cm³/mol. The summed E-state index contributed by atoms with van der Waals surface area (Å²) in [5.74, 6) is -0.343. The molecule has 0 radical (unpaired) electrons. The molecule has 7 nitrogen and oxygen atoms in total. The molecule has 35 heavy (non-hydrogen) atoms. The van der Waals surface area contributed by atoms with Gasteiger partial charge in [0, 0.05) is 25.6 Å². The number of aryl methyl sites for hydroxylation is 1. The molecule has 8 heteroatoms. The molecule has 0 spiro atoms. The number of nitrogens with one attached hydrogen (secondary N) is 1. The summed E-state index contributed by atoms with van der Waals surface area (Å²) in [5.41, 5.74) is 2.55. The molecule has 1 N–H and O–H groups in total. The molecule has 0 unspecified atom stereocenters. The lowest BCUT2D eigenvalue weighted by Crippen LogP contribution is -2.50. The molecule has 192 valence electrons. The molecule has 0 bridgehead atoms. The molecule has 2 amide bonds. The highest BCUT2D eigenvalue weighted by atomic mass is 32.2. The minimum absolute atomic E-state index is 0.0217. The highest BCUT2D eigenvalue weighted by molar-refractivity contribution is 7.92. The molecule has 0 aliphatic heterocycles. The molecule has 2 aromatic carbocycles. The third-order valence-corrected chi connectivity index (χ3v) is 7.37. The van der Waals surface area contributed by atoms with Crippen LogP contribution in [0.3, 0.4) is 0 Å². The Labute approximate surface area is 210 Å². The van der Waals surface area contributed by atoms with E-state index in [1.807, 2.05) is 63.2 Å². The van der Waals surface area contributed by atoms with Gasteiger partial charge in [-0.15, -0.1) is 0 Å². The maximum absolute atomic E-state index is 13.3. The normalized spacial score (nSPS) is 13.1. The van der Waals surface area contributed by atoms with Crippen LogP contribution < -0.4 is 9.62 Å². The SMILES string of the molecule is CC[C@@H](C)NC(=O)[C@@H](C)N(CCc1ccccc1)C(=O)CCCN(c1ccccc1C)S(C)(=O)=O. The van der Waals surface area contributed by atoms with E-state index in [2.05, 4.69) is 5.32 Å². The number of para-hydroxylation sites is 1. The maximum atomic E-state index is 13.3. The molecule has 2 aromatic rings. The van der Waals surface area contributed by atoms with Gasteiger partial charge in [-0.25, -0.2) is 8.42 Å². The fourth-order valence-electron chi connectivity index (χ4n) is 3.86. The first kappa shape index (κ1) is 28.4. The summed E-state index contributed by atoms with van der Waals surface area (Å²) >= 11 is 0. The smallest absolute Gasteiger partial charge is 0.242 e. The maximum Gasteiger partial charge on any atom is 0.242 e. The lowest BCUT2D eigenvalue weighted by Gasteiger charge is -2.30. The van der Waals surface area contributed by atoms with Gasteiger partial charge in [0.1, 0.15) is 6.04 Å². The van der Waals surface area contributed by atoms with Gasteiger partial charge in [0.05, 0.1) is 11.9 Å². The van der Waals surface area contributed by atoms with Crippen LogP contribution in [-0.2, 0) is 26.0 Å². The van der Waals surface area contributed by atoms with Crippen LogP contribution in [0.25, 0.3) is 0 Å². The molecule has 0 fully saturated rings. The number of benzene rings is 2. The Balaban J connectivity index is 2.12. The zero-order valence-electron chi connectivity index (χ0n) is 21.5. The van der Waals surface area contributed by atoms with Crippen LogP contribution >= 0.6 is 0 Å². The van der Waals surface area contributed by atoms with Crippen molar-refractivity contribution >= 4 is 27.5 Å². The highest BCUT2D eigenvalue weighted by Crippen LogP contribution is 2.22. The monoisotopic (exact) mass is 501 g/mol. The summed E-state index contributed by atoms with van der Waals surface area (Å²) in [6.07, 6.45) is 3.10. The van der Waals surface area contributed by atoms with Gasteiger partial charge in [-0.3, -0.25) is 13.9 Å². The standard InChI is InChI=1S/C27H39N3O4S/c1-6-22(3)28-27(32)23(4)29(20-18-24-14-8-7-9-15-24)26(31)17-12-19-30(35(5,33)34)25-16-11-10-13-21(25)2/h7-11,13-16,22-23H,6,12,17-20H2,1-5H3,(H,28,32)/t22-,23-/m1/s1. The Morgan fingerprint density at radius 2 is 1.60 bits per heavy atom. The minimum atomic E-state index is -3.51. The largest absolute Gasteiger partial charge is 0.352 e. The molecule has 0 aromatic heterocycles. The second kappa shape index (κ2) is 13.3. The second-order valence-electron chi connectivity index (χ2n) is 9.04. The quantitative estimate of drug-likeness (QED) is 0.451. The Morgan fingerprint density at radius 3 is 2.20 bits per heavy atom. The highest BCUT2D eigenvalue weighted by Gasteiger charge is 2.27. The zero-order valence-corrected chi connectivity index (χ0v) is 22.3. The third-order valence-electron chi connectivity index (χ3n) is 6.19. The van der Waals surface area contributed by atoms with Crippen molar-refractivity contribution in [1.82, 2.24) is 10.2 Å². The first-order chi connectivity index (χ1) is 16.5. The van der Waals surface area contributed by atoms with E-state index in [9.17, 15) is 18.0 Å². The van der Waals surface area contributed by atoms with E-state index < -0.39 is 16.1 Å². The average Bonchev–Trinajstić information content (AvgIpc) is 2.82. The molecule has 0 saturated heterocycles. The topological polar surface area (TPSA) is 86.8 Å². The fraction of sp³-hybridized carbons (Fsp3) is 0.481. The number of sulfonamides is 1. The number of carbonyl (C=O) groups excluding carboxylic acids is 2. The Morgan fingerprint density at radius 1 is 0.971 bits per heavy atom. The molecule has 2 atom stereocenters. The van der Waals surface area contributed by atoms with Gasteiger partial charge in [0.25, 0.3) is 0 Å². The van der Waals surface area contributed by atoms with Crippen molar-refractivity contribution in [2.75, 3.05) is 23.7 Å². The molecular formula is C27H39N3O4S. The fourth-order valence-corrected chi connectivity index (χ4v) is 4.88. The number of hydrogen-bond donors (Lipinski definition) is 1. The summed E-state index contributed by atoms with van der Waals surface area (Å²) in [5, 5.41) is 2.96. The van der Waals surface area contributed by atoms with E-state index in [0.717, 1.165) is 17.5 Å². The van der Waals surface area contributed by atoms with Crippen LogP contribution in [0.1, 0.15) is 51.2 Å². The Kier molecular flexibility index (Phi) is 10.8. The minimum Gasteiger partial charge on any atom is -0.352 e. The van der Waals surface area contributed by atoms with Crippen molar-refractivity contribution in [3.05, 3.63) is 65.7 Å². The molecule has 0 heterocycles. The lowest BCUT2D eigenvalue weighted by molar-refractivity contribution is -0.140. The van der Waals surface area contributed by atoms with Gasteiger partial charge >= 0.3 is 0 Å². The summed E-state index contributed by atoms with van der Waals surface area (Å²) in [7, 11) is -3.51. The number of nitrogens with zero attached hydrogens (tertiary/aromatic N) is 2. The lowest BCUT2D eigenvalue weighted by atomic mass is 10.1. The molecule has 0 aliphatic rings. The van der Waals surface area contributed by atoms with E-state index in [-0.39, 0.29) is 30.8 Å². The van der Waals surface area contributed by atoms with Crippen LogP contribution in [0.15, 0.2) is 54.6 Å². The van der Waals surface area contributed by atoms with Gasteiger partial charge in [0.15, 0.2) is 0 Å². The average molecular weight is 502 g/mol. The van der Waals surface area contributed by atoms with E-state index in [1.165, 1.54) is 10.6 Å². The van der Waals surface area contributed by atoms with Crippen molar-refractivity contribution in [2.24, 2.45) is 0 Å². The summed E-state index contributed by atoms with van der Waals surface area (Å²) in [6, 6.07) is 16.5. The Hall–Kier alpha value is -2.87. The van der Waals surface area contributed by atoms with Gasteiger partial charge in [-0.2, -0.15) is 0 Å². The Bertz CT molecular complexity index is 1070. The van der Waals surface area contributed by atoms with Crippen LogP contribution in [0.2, 0.25) is 0 Å². The summed E-state index contributed by atoms with van der Waals surface area (Å²) < 4.78 is 26.3. The number of anilines is 1. The van der Waals surface area contributed by atoms with Crippen LogP contribution in [-0.4, -0.2) is 56.6 Å². The third kappa shape index (κ3) is 8.69. The van der Waals surface area contributed by atoms with Gasteiger partial charge in [-0.05, 0) is 57.2 Å². The first-order valence-electron chi connectivity index (χ1n) is 12.2. The van der Waals surface area contributed by atoms with Crippen molar-refractivity contribution in [1.29, 1.82) is 0 Å². The first-order valence-corrected chi connectivity index (χ1v) is 14.1. The van der Waals surface area contributed by atoms with Gasteiger partial charge in [0.2, 0.25) is 21.8 Å². The van der Waals surface area contributed by atoms with Crippen molar-refractivity contribution in [2.45, 2.75) is 65.5 Å². The molecule has 0 aliphatic carbocycles. The molecular weight excluding hydrogens is 462 g/mol. The van der Waals surface area contributed by atoms with Crippen LogP contribution in [0, 0.1) is 6.92 Å². The van der Waals surface area contributed by atoms with Crippen LogP contribution in [0.5, 0.6) is 0 Å².